The van der Waals surface area contributed by atoms with Crippen LogP contribution in [-0.4, -0.2) is 25.2 Å². The second-order valence-electron chi connectivity index (χ2n) is 4.18. The summed E-state index contributed by atoms with van der Waals surface area (Å²) in [7, 11) is 3.98. The van der Waals surface area contributed by atoms with Crippen LogP contribution in [0.1, 0.15) is 12.5 Å². The Morgan fingerprint density at radius 1 is 1.22 bits per heavy atom. The fraction of sp³-hybridized carbons (Fsp3) is 0.214. The highest BCUT2D eigenvalue weighted by atomic mass is 16.5. The fourth-order valence-electron chi connectivity index (χ4n) is 1.42. The summed E-state index contributed by atoms with van der Waals surface area (Å²) in [6.45, 7) is 1.89. The molecule has 0 saturated carbocycles. The molecular weight excluding hydrogens is 228 g/mol. The van der Waals surface area contributed by atoms with Crippen molar-refractivity contribution in [3.63, 3.8) is 0 Å². The van der Waals surface area contributed by atoms with Gasteiger partial charge in [-0.2, -0.15) is 0 Å². The van der Waals surface area contributed by atoms with Crippen molar-refractivity contribution in [2.24, 2.45) is 0 Å². The Morgan fingerprint density at radius 2 is 1.83 bits per heavy atom. The van der Waals surface area contributed by atoms with Crippen LogP contribution in [0.2, 0.25) is 0 Å². The molecule has 18 heavy (non-hydrogen) atoms. The lowest BCUT2D eigenvalue weighted by atomic mass is 10.1. The molecule has 1 rings (SSSR count). The van der Waals surface area contributed by atoms with E-state index in [1.165, 1.54) is 6.08 Å². The first kappa shape index (κ1) is 14.0. The first-order valence-corrected chi connectivity index (χ1v) is 5.61. The molecule has 1 aromatic carbocycles. The summed E-state index contributed by atoms with van der Waals surface area (Å²) < 4.78 is 0. The van der Waals surface area contributed by atoms with Gasteiger partial charge in [-0.25, -0.2) is 5.48 Å². The quantitative estimate of drug-likeness (QED) is 0.371. The van der Waals surface area contributed by atoms with Crippen molar-refractivity contribution in [2.45, 2.75) is 6.92 Å². The number of allylic oxidation sites excluding steroid dienone is 2. The van der Waals surface area contributed by atoms with Crippen LogP contribution in [0.4, 0.5) is 5.69 Å². The smallest absolute Gasteiger partial charge is 0.267 e. The monoisotopic (exact) mass is 246 g/mol. The van der Waals surface area contributed by atoms with Gasteiger partial charge in [-0.1, -0.05) is 29.9 Å². The molecule has 4 heteroatoms. The number of hydrogen-bond donors (Lipinski definition) is 2. The lowest BCUT2D eigenvalue weighted by Crippen LogP contribution is -2.14. The number of nitrogens with zero attached hydrogens (tertiary/aromatic N) is 1. The highest BCUT2D eigenvalue weighted by Gasteiger charge is 1.95. The molecule has 0 aliphatic rings. The van der Waals surface area contributed by atoms with E-state index in [0.29, 0.717) is 0 Å². The second-order valence-corrected chi connectivity index (χ2v) is 4.18. The Morgan fingerprint density at radius 3 is 2.33 bits per heavy atom. The molecule has 0 saturated heterocycles. The largest absolute Gasteiger partial charge is 0.378 e. The number of benzene rings is 1. The summed E-state index contributed by atoms with van der Waals surface area (Å²) in [5.74, 6) is -0.536. The molecule has 0 aromatic heterocycles. The van der Waals surface area contributed by atoms with Gasteiger partial charge in [0, 0.05) is 25.9 Å². The Hall–Kier alpha value is -2.07. The van der Waals surface area contributed by atoms with Gasteiger partial charge in [0.25, 0.3) is 5.91 Å². The van der Waals surface area contributed by atoms with Gasteiger partial charge in [-0.15, -0.1) is 0 Å². The molecule has 1 aromatic rings. The lowest BCUT2D eigenvalue weighted by Gasteiger charge is -2.11. The molecule has 0 unspecified atom stereocenters. The zero-order chi connectivity index (χ0) is 13.5. The average molecular weight is 246 g/mol. The molecule has 0 spiro atoms. The highest BCUT2D eigenvalue weighted by Crippen LogP contribution is 2.14. The third kappa shape index (κ3) is 4.43. The molecular formula is C14H18N2O2. The van der Waals surface area contributed by atoms with E-state index in [-0.39, 0.29) is 0 Å². The Bertz CT molecular complexity index is 459. The molecule has 96 valence electrons. The van der Waals surface area contributed by atoms with E-state index < -0.39 is 5.91 Å². The highest BCUT2D eigenvalue weighted by molar-refractivity contribution is 5.87. The Kier molecular flexibility index (Phi) is 5.14. The zero-order valence-corrected chi connectivity index (χ0v) is 10.8. The predicted molar refractivity (Wildman–Crippen MR) is 73.5 cm³/mol. The first-order valence-electron chi connectivity index (χ1n) is 5.61. The van der Waals surface area contributed by atoms with Gasteiger partial charge in [0.15, 0.2) is 0 Å². The van der Waals surface area contributed by atoms with Crippen molar-refractivity contribution in [1.82, 2.24) is 5.48 Å². The third-order valence-corrected chi connectivity index (χ3v) is 2.41. The van der Waals surface area contributed by atoms with Gasteiger partial charge in [-0.05, 0) is 24.6 Å². The summed E-state index contributed by atoms with van der Waals surface area (Å²) >= 11 is 0. The molecule has 0 aliphatic carbocycles. The van der Waals surface area contributed by atoms with E-state index in [4.69, 9.17) is 5.21 Å². The lowest BCUT2D eigenvalue weighted by molar-refractivity contribution is -0.124. The number of rotatable bonds is 4. The van der Waals surface area contributed by atoms with E-state index in [9.17, 15) is 4.79 Å². The molecule has 0 atom stereocenters. The number of hydrogen-bond acceptors (Lipinski definition) is 3. The Balaban J connectivity index is 2.76. The summed E-state index contributed by atoms with van der Waals surface area (Å²) in [6, 6.07) is 8.09. The van der Waals surface area contributed by atoms with Gasteiger partial charge in [0.1, 0.15) is 0 Å². The fourth-order valence-corrected chi connectivity index (χ4v) is 1.42. The molecule has 4 nitrogen and oxygen atoms in total. The number of anilines is 1. The van der Waals surface area contributed by atoms with Crippen molar-refractivity contribution >= 4 is 17.7 Å². The van der Waals surface area contributed by atoms with Crippen molar-refractivity contribution in [3.05, 3.63) is 47.6 Å². The number of amides is 1. The standard InChI is InChI=1S/C14H18N2O2/c1-11(4-9-14(17)15-18)10-12-5-7-13(8-6-12)16(2)3/h4-10,18H,1-3H3,(H,15,17)/b9-4+,11-10+. The van der Waals surface area contributed by atoms with Gasteiger partial charge < -0.3 is 4.90 Å². The van der Waals surface area contributed by atoms with E-state index in [1.54, 1.807) is 11.6 Å². The van der Waals surface area contributed by atoms with Gasteiger partial charge >= 0.3 is 0 Å². The Labute approximate surface area is 107 Å². The molecule has 1 amide bonds. The molecule has 0 heterocycles. The van der Waals surface area contributed by atoms with Crippen LogP contribution in [-0.2, 0) is 4.79 Å². The number of carbonyl (C=O) groups excluding carboxylic acids is 1. The van der Waals surface area contributed by atoms with Gasteiger partial charge in [0.2, 0.25) is 0 Å². The normalized spacial score (nSPS) is 11.7. The van der Waals surface area contributed by atoms with Crippen LogP contribution in [0.5, 0.6) is 0 Å². The van der Waals surface area contributed by atoms with Crippen LogP contribution in [0.15, 0.2) is 42.0 Å². The van der Waals surface area contributed by atoms with Crippen LogP contribution in [0.3, 0.4) is 0 Å². The minimum atomic E-state index is -0.536. The van der Waals surface area contributed by atoms with Crippen LogP contribution in [0.25, 0.3) is 6.08 Å². The topological polar surface area (TPSA) is 52.6 Å². The molecule has 2 N–H and O–H groups in total. The predicted octanol–water partition coefficient (Wildman–Crippen LogP) is 2.22. The van der Waals surface area contributed by atoms with Crippen molar-refractivity contribution in [1.29, 1.82) is 0 Å². The summed E-state index contributed by atoms with van der Waals surface area (Å²) in [5.41, 5.74) is 4.67. The maximum atomic E-state index is 10.8. The number of hydroxylamine groups is 1. The molecule has 0 aliphatic heterocycles. The van der Waals surface area contributed by atoms with Gasteiger partial charge in [0.05, 0.1) is 0 Å². The van der Waals surface area contributed by atoms with E-state index >= 15 is 0 Å². The molecule has 0 radical (unpaired) electrons. The summed E-state index contributed by atoms with van der Waals surface area (Å²) in [6.07, 6.45) is 4.88. The SMILES string of the molecule is CC(/C=C/C(=O)NO)=C\c1ccc(N(C)C)cc1. The van der Waals surface area contributed by atoms with Crippen molar-refractivity contribution in [3.8, 4) is 0 Å². The molecule has 0 fully saturated rings. The van der Waals surface area contributed by atoms with Crippen molar-refractivity contribution < 1.29 is 10.0 Å². The third-order valence-electron chi connectivity index (χ3n) is 2.41. The van der Waals surface area contributed by atoms with Crippen LogP contribution >= 0.6 is 0 Å². The first-order chi connectivity index (χ1) is 8.52. The maximum Gasteiger partial charge on any atom is 0.267 e. The average Bonchev–Trinajstić information content (AvgIpc) is 2.36. The second kappa shape index (κ2) is 6.61. The summed E-state index contributed by atoms with van der Waals surface area (Å²) in [4.78, 5) is 12.8. The molecule has 0 bridgehead atoms. The minimum Gasteiger partial charge on any atom is -0.378 e. The maximum absolute atomic E-state index is 10.8. The van der Waals surface area contributed by atoms with Crippen LogP contribution < -0.4 is 10.4 Å². The van der Waals surface area contributed by atoms with E-state index in [0.717, 1.165) is 16.8 Å². The van der Waals surface area contributed by atoms with Crippen molar-refractivity contribution in [2.75, 3.05) is 19.0 Å². The van der Waals surface area contributed by atoms with E-state index in [2.05, 4.69) is 0 Å². The minimum absolute atomic E-state index is 0.536. The summed E-state index contributed by atoms with van der Waals surface area (Å²) in [5, 5.41) is 8.35. The number of nitrogens with one attached hydrogen (secondary N) is 1. The number of carbonyl (C=O) groups is 1. The van der Waals surface area contributed by atoms with Gasteiger partial charge in [-0.3, -0.25) is 10.0 Å². The van der Waals surface area contributed by atoms with E-state index in [1.807, 2.05) is 56.3 Å². The zero-order valence-electron chi connectivity index (χ0n) is 10.8. The van der Waals surface area contributed by atoms with Crippen LogP contribution in [0, 0.1) is 0 Å².